The number of alkyl halides is 3. The van der Waals surface area contributed by atoms with Gasteiger partial charge >= 0.3 is 6.18 Å². The highest BCUT2D eigenvalue weighted by atomic mass is 19.4. The summed E-state index contributed by atoms with van der Waals surface area (Å²) in [7, 11) is 0. The molecule has 2 N–H and O–H groups in total. The van der Waals surface area contributed by atoms with E-state index in [9.17, 15) is 23.1 Å². The second-order valence-corrected chi connectivity index (χ2v) is 6.11. The summed E-state index contributed by atoms with van der Waals surface area (Å²) in [4.78, 5) is 14.1. The van der Waals surface area contributed by atoms with E-state index in [-0.39, 0.29) is 6.54 Å². The summed E-state index contributed by atoms with van der Waals surface area (Å²) in [6, 6.07) is 4.58. The minimum Gasteiger partial charge on any atom is -0.387 e. The van der Waals surface area contributed by atoms with Gasteiger partial charge < -0.3 is 15.2 Å². The molecule has 1 aromatic carbocycles. The van der Waals surface area contributed by atoms with E-state index in [0.717, 1.165) is 12.1 Å². The highest BCUT2D eigenvalue weighted by molar-refractivity contribution is 5.95. The largest absolute Gasteiger partial charge is 0.417 e. The highest BCUT2D eigenvalue weighted by Crippen LogP contribution is 2.31. The van der Waals surface area contributed by atoms with Crippen molar-refractivity contribution in [3.63, 3.8) is 0 Å². The Labute approximate surface area is 138 Å². The van der Waals surface area contributed by atoms with E-state index in [1.165, 1.54) is 12.1 Å². The number of nitrogens with zero attached hydrogens (tertiary/aromatic N) is 1. The molecule has 0 aromatic heterocycles. The molecule has 0 aliphatic carbocycles. The van der Waals surface area contributed by atoms with Crippen LogP contribution in [-0.2, 0) is 10.9 Å². The number of halogens is 3. The number of hydrogen-bond donors (Lipinski definition) is 2. The van der Waals surface area contributed by atoms with Gasteiger partial charge in [-0.2, -0.15) is 13.2 Å². The van der Waals surface area contributed by atoms with Gasteiger partial charge in [0.1, 0.15) is 0 Å². The lowest BCUT2D eigenvalue weighted by Crippen LogP contribution is -2.51. The number of aliphatic hydroxyl groups is 1. The molecule has 134 valence electrons. The molecule has 0 saturated carbocycles. The number of hydrogen-bond acceptors (Lipinski definition) is 4. The average Bonchev–Trinajstić information content (AvgIpc) is 2.52. The SMILES string of the molecule is CC(O)(CNC(=O)c1ccccc1C(F)(F)F)CN1CCOCC1. The van der Waals surface area contributed by atoms with Gasteiger partial charge in [0.25, 0.3) is 5.91 Å². The molecule has 8 heteroatoms. The number of amides is 1. The van der Waals surface area contributed by atoms with Gasteiger partial charge in [0.05, 0.1) is 29.9 Å². The van der Waals surface area contributed by atoms with Gasteiger partial charge in [-0.15, -0.1) is 0 Å². The predicted molar refractivity (Wildman–Crippen MR) is 81.7 cm³/mol. The summed E-state index contributed by atoms with van der Waals surface area (Å²) in [5.74, 6) is -0.856. The van der Waals surface area contributed by atoms with Gasteiger partial charge in [-0.1, -0.05) is 12.1 Å². The van der Waals surface area contributed by atoms with Crippen LogP contribution in [0.4, 0.5) is 13.2 Å². The Balaban J connectivity index is 1.97. The third-order valence-corrected chi connectivity index (χ3v) is 3.77. The summed E-state index contributed by atoms with van der Waals surface area (Å²) in [6.07, 6.45) is -4.61. The summed E-state index contributed by atoms with van der Waals surface area (Å²) in [5.41, 5.74) is -2.69. The van der Waals surface area contributed by atoms with Gasteiger partial charge in [-0.05, 0) is 19.1 Å². The van der Waals surface area contributed by atoms with E-state index in [1.807, 2.05) is 4.90 Å². The van der Waals surface area contributed by atoms with E-state index in [0.29, 0.717) is 32.8 Å². The Morgan fingerprint density at radius 3 is 2.54 bits per heavy atom. The number of ether oxygens (including phenoxy) is 1. The Kier molecular flexibility index (Phi) is 5.84. The maximum absolute atomic E-state index is 12.9. The highest BCUT2D eigenvalue weighted by Gasteiger charge is 2.35. The molecule has 24 heavy (non-hydrogen) atoms. The zero-order chi connectivity index (χ0) is 17.8. The van der Waals surface area contributed by atoms with E-state index < -0.39 is 28.8 Å². The van der Waals surface area contributed by atoms with Crippen LogP contribution in [-0.4, -0.2) is 60.9 Å². The fourth-order valence-corrected chi connectivity index (χ4v) is 2.59. The van der Waals surface area contributed by atoms with Crippen molar-refractivity contribution in [3.8, 4) is 0 Å². The van der Waals surface area contributed by atoms with Crippen LogP contribution >= 0.6 is 0 Å². The zero-order valence-electron chi connectivity index (χ0n) is 13.4. The minimum atomic E-state index is -4.61. The van der Waals surface area contributed by atoms with Crippen LogP contribution in [0.25, 0.3) is 0 Å². The average molecular weight is 346 g/mol. The van der Waals surface area contributed by atoms with E-state index >= 15 is 0 Å². The number of morpholine rings is 1. The first kappa shape index (κ1) is 18.7. The molecule has 1 aliphatic heterocycles. The molecule has 0 spiro atoms. The first-order valence-corrected chi connectivity index (χ1v) is 7.66. The number of carbonyl (C=O) groups excluding carboxylic acids is 1. The quantitative estimate of drug-likeness (QED) is 0.849. The van der Waals surface area contributed by atoms with Crippen molar-refractivity contribution in [2.45, 2.75) is 18.7 Å². The lowest BCUT2D eigenvalue weighted by atomic mass is 10.0. The molecule has 0 bridgehead atoms. The lowest BCUT2D eigenvalue weighted by molar-refractivity contribution is -0.137. The smallest absolute Gasteiger partial charge is 0.387 e. The molecule has 1 aliphatic rings. The van der Waals surface area contributed by atoms with Crippen LogP contribution in [0.5, 0.6) is 0 Å². The Bertz CT molecular complexity index is 570. The Hall–Kier alpha value is -1.64. The predicted octanol–water partition coefficient (Wildman–Crippen LogP) is 1.52. The van der Waals surface area contributed by atoms with Crippen molar-refractivity contribution in [2.75, 3.05) is 39.4 Å². The monoisotopic (exact) mass is 346 g/mol. The molecule has 1 unspecified atom stereocenters. The minimum absolute atomic E-state index is 0.143. The van der Waals surface area contributed by atoms with Crippen LogP contribution in [0.1, 0.15) is 22.8 Å². The summed E-state index contributed by atoms with van der Waals surface area (Å²) < 4.78 is 44.0. The van der Waals surface area contributed by atoms with E-state index in [4.69, 9.17) is 4.74 Å². The lowest BCUT2D eigenvalue weighted by Gasteiger charge is -2.33. The fraction of sp³-hybridized carbons (Fsp3) is 0.562. The molecule has 0 radical (unpaired) electrons. The van der Waals surface area contributed by atoms with Crippen LogP contribution in [0.2, 0.25) is 0 Å². The number of β-amino-alcohol motifs (C(OH)–C–C–N with tert-alkyl or cyclic N) is 1. The zero-order valence-corrected chi connectivity index (χ0v) is 13.4. The molecule has 1 amide bonds. The number of nitrogens with one attached hydrogen (secondary N) is 1. The van der Waals surface area contributed by atoms with Crippen LogP contribution in [0.3, 0.4) is 0 Å². The van der Waals surface area contributed by atoms with Crippen molar-refractivity contribution < 1.29 is 27.8 Å². The van der Waals surface area contributed by atoms with Crippen LogP contribution < -0.4 is 5.32 Å². The molecule has 1 atom stereocenters. The molecule has 1 aromatic rings. The topological polar surface area (TPSA) is 61.8 Å². The Morgan fingerprint density at radius 2 is 1.92 bits per heavy atom. The summed E-state index contributed by atoms with van der Waals surface area (Å²) in [5, 5.41) is 12.8. The van der Waals surface area contributed by atoms with Crippen molar-refractivity contribution in [1.82, 2.24) is 10.2 Å². The van der Waals surface area contributed by atoms with E-state index in [2.05, 4.69) is 5.32 Å². The second kappa shape index (κ2) is 7.50. The van der Waals surface area contributed by atoms with Gasteiger partial charge in [0.2, 0.25) is 0 Å². The molecule has 1 heterocycles. The third-order valence-electron chi connectivity index (χ3n) is 3.77. The standard InChI is InChI=1S/C16H21F3N2O3/c1-15(23,11-21-6-8-24-9-7-21)10-20-14(22)12-4-2-3-5-13(12)16(17,18)19/h2-5,23H,6-11H2,1H3,(H,20,22). The summed E-state index contributed by atoms with van der Waals surface area (Å²) in [6.45, 7) is 4.18. The molecule has 1 saturated heterocycles. The van der Waals surface area contributed by atoms with Crippen molar-refractivity contribution >= 4 is 5.91 Å². The molecule has 1 fully saturated rings. The van der Waals surface area contributed by atoms with Gasteiger partial charge in [-0.25, -0.2) is 0 Å². The molecule has 2 rings (SSSR count). The van der Waals surface area contributed by atoms with Crippen molar-refractivity contribution in [3.05, 3.63) is 35.4 Å². The molecular formula is C16H21F3N2O3. The normalized spacial score (nSPS) is 18.9. The first-order chi connectivity index (χ1) is 11.2. The Morgan fingerprint density at radius 1 is 1.29 bits per heavy atom. The fourth-order valence-electron chi connectivity index (χ4n) is 2.59. The van der Waals surface area contributed by atoms with Crippen molar-refractivity contribution in [1.29, 1.82) is 0 Å². The van der Waals surface area contributed by atoms with Crippen LogP contribution in [0.15, 0.2) is 24.3 Å². The second-order valence-electron chi connectivity index (χ2n) is 6.11. The number of carbonyl (C=O) groups is 1. The molecular weight excluding hydrogens is 325 g/mol. The van der Waals surface area contributed by atoms with Gasteiger partial charge in [0.15, 0.2) is 0 Å². The molecule has 5 nitrogen and oxygen atoms in total. The van der Waals surface area contributed by atoms with E-state index in [1.54, 1.807) is 6.92 Å². The maximum atomic E-state index is 12.9. The van der Waals surface area contributed by atoms with Crippen LogP contribution in [0, 0.1) is 0 Å². The summed E-state index contributed by atoms with van der Waals surface area (Å²) >= 11 is 0. The maximum Gasteiger partial charge on any atom is 0.417 e. The number of benzene rings is 1. The third kappa shape index (κ3) is 5.19. The van der Waals surface area contributed by atoms with Crippen molar-refractivity contribution in [2.24, 2.45) is 0 Å². The van der Waals surface area contributed by atoms with Gasteiger partial charge in [0, 0.05) is 26.2 Å². The van der Waals surface area contributed by atoms with Gasteiger partial charge in [-0.3, -0.25) is 9.69 Å². The first-order valence-electron chi connectivity index (χ1n) is 7.66. The number of rotatable bonds is 5.